The molecule has 3 nitrogen and oxygen atoms in total. The van der Waals surface area contributed by atoms with E-state index < -0.39 is 0 Å². The number of hydrogen-bond acceptors (Lipinski definition) is 3. The van der Waals surface area contributed by atoms with Gasteiger partial charge in [0.25, 0.3) is 0 Å². The molecule has 0 spiro atoms. The molecule has 1 aromatic heterocycles. The molecule has 0 bridgehead atoms. The van der Waals surface area contributed by atoms with Crippen LogP contribution in [0.3, 0.4) is 0 Å². The summed E-state index contributed by atoms with van der Waals surface area (Å²) in [5, 5.41) is 4.89. The Labute approximate surface area is 119 Å². The molecule has 3 atom stereocenters. The van der Waals surface area contributed by atoms with Crippen molar-refractivity contribution in [3.63, 3.8) is 0 Å². The Kier molecular flexibility index (Phi) is 3.04. The summed E-state index contributed by atoms with van der Waals surface area (Å²) in [6.07, 6.45) is 4.21. The summed E-state index contributed by atoms with van der Waals surface area (Å²) in [5.74, 6) is 1.81. The predicted octanol–water partition coefficient (Wildman–Crippen LogP) is 3.65. The van der Waals surface area contributed by atoms with Crippen molar-refractivity contribution in [2.75, 3.05) is 6.61 Å². The number of hydrogen-bond donors (Lipinski definition) is 1. The van der Waals surface area contributed by atoms with Gasteiger partial charge in [-0.2, -0.15) is 0 Å². The fourth-order valence-electron chi connectivity index (χ4n) is 3.30. The number of benzene rings is 1. The van der Waals surface area contributed by atoms with Crippen molar-refractivity contribution < 1.29 is 9.15 Å². The van der Waals surface area contributed by atoms with E-state index in [1.54, 1.807) is 0 Å². The summed E-state index contributed by atoms with van der Waals surface area (Å²) >= 11 is 0. The molecule has 1 aromatic carbocycles. The van der Waals surface area contributed by atoms with Crippen LogP contribution in [0.4, 0.5) is 0 Å². The molecule has 0 amide bonds. The van der Waals surface area contributed by atoms with Crippen LogP contribution in [0.25, 0.3) is 11.0 Å². The Morgan fingerprint density at radius 2 is 2.05 bits per heavy atom. The van der Waals surface area contributed by atoms with Crippen LogP contribution in [0.15, 0.2) is 34.7 Å². The molecule has 1 N–H and O–H groups in total. The lowest BCUT2D eigenvalue weighted by Gasteiger charge is -2.22. The highest BCUT2D eigenvalue weighted by Gasteiger charge is 2.41. The lowest BCUT2D eigenvalue weighted by molar-refractivity contribution is 0.0787. The number of ether oxygens (including phenoxy) is 1. The average Bonchev–Trinajstić information content (AvgIpc) is 3.04. The van der Waals surface area contributed by atoms with Crippen LogP contribution >= 0.6 is 0 Å². The molecule has 1 saturated carbocycles. The van der Waals surface area contributed by atoms with Gasteiger partial charge in [-0.15, -0.1) is 0 Å². The Morgan fingerprint density at radius 1 is 1.20 bits per heavy atom. The van der Waals surface area contributed by atoms with E-state index >= 15 is 0 Å². The molecule has 2 aliphatic rings. The average molecular weight is 271 g/mol. The second-order valence-corrected chi connectivity index (χ2v) is 6.14. The van der Waals surface area contributed by atoms with Crippen LogP contribution in [-0.4, -0.2) is 18.8 Å². The van der Waals surface area contributed by atoms with Gasteiger partial charge in [0, 0.05) is 18.0 Å². The maximum atomic E-state index is 5.95. The molecule has 4 rings (SSSR count). The SMILES string of the molecule is CC(NC1CCOC1C1CC1)c1cc2ccccc2o1. The first kappa shape index (κ1) is 12.4. The van der Waals surface area contributed by atoms with E-state index in [0.717, 1.165) is 30.3 Å². The molecule has 106 valence electrons. The van der Waals surface area contributed by atoms with E-state index in [0.29, 0.717) is 12.1 Å². The molecule has 3 unspecified atom stereocenters. The van der Waals surface area contributed by atoms with Crippen LogP contribution in [0.2, 0.25) is 0 Å². The van der Waals surface area contributed by atoms with Gasteiger partial charge in [-0.3, -0.25) is 0 Å². The predicted molar refractivity (Wildman–Crippen MR) is 78.6 cm³/mol. The van der Waals surface area contributed by atoms with Crippen LogP contribution < -0.4 is 5.32 Å². The summed E-state index contributed by atoms with van der Waals surface area (Å²) < 4.78 is 11.8. The monoisotopic (exact) mass is 271 g/mol. The van der Waals surface area contributed by atoms with Gasteiger partial charge in [-0.25, -0.2) is 0 Å². The lowest BCUT2D eigenvalue weighted by Crippen LogP contribution is -2.39. The van der Waals surface area contributed by atoms with Gasteiger partial charge in [-0.05, 0) is 44.2 Å². The van der Waals surface area contributed by atoms with E-state index in [9.17, 15) is 0 Å². The summed E-state index contributed by atoms with van der Waals surface area (Å²) in [4.78, 5) is 0. The fourth-order valence-corrected chi connectivity index (χ4v) is 3.30. The molecular formula is C17H21NO2. The van der Waals surface area contributed by atoms with Crippen molar-refractivity contribution >= 4 is 11.0 Å². The van der Waals surface area contributed by atoms with Gasteiger partial charge in [-0.1, -0.05) is 18.2 Å². The van der Waals surface area contributed by atoms with Gasteiger partial charge in [0.05, 0.1) is 12.1 Å². The third-order valence-corrected chi connectivity index (χ3v) is 4.56. The van der Waals surface area contributed by atoms with Gasteiger partial charge in [0.15, 0.2) is 0 Å². The number of nitrogens with one attached hydrogen (secondary N) is 1. The smallest absolute Gasteiger partial charge is 0.134 e. The number of fused-ring (bicyclic) bond motifs is 1. The fraction of sp³-hybridized carbons (Fsp3) is 0.529. The minimum Gasteiger partial charge on any atom is -0.459 e. The van der Waals surface area contributed by atoms with Crippen molar-refractivity contribution in [3.05, 3.63) is 36.1 Å². The maximum Gasteiger partial charge on any atom is 0.134 e. The summed E-state index contributed by atoms with van der Waals surface area (Å²) in [5.41, 5.74) is 0.970. The molecule has 2 aromatic rings. The second-order valence-electron chi connectivity index (χ2n) is 6.14. The normalized spacial score (nSPS) is 28.1. The molecule has 1 aliphatic heterocycles. The zero-order valence-electron chi connectivity index (χ0n) is 11.8. The Balaban J connectivity index is 1.50. The molecule has 2 heterocycles. The highest BCUT2D eigenvalue weighted by Crippen LogP contribution is 2.39. The molecule has 20 heavy (non-hydrogen) atoms. The molecule has 2 fully saturated rings. The molecule has 1 aliphatic carbocycles. The molecular weight excluding hydrogens is 250 g/mol. The van der Waals surface area contributed by atoms with Gasteiger partial charge in [0.1, 0.15) is 11.3 Å². The van der Waals surface area contributed by atoms with E-state index in [1.165, 1.54) is 18.2 Å². The quantitative estimate of drug-likeness (QED) is 0.921. The largest absolute Gasteiger partial charge is 0.459 e. The Morgan fingerprint density at radius 3 is 2.85 bits per heavy atom. The highest BCUT2D eigenvalue weighted by molar-refractivity contribution is 5.77. The van der Waals surface area contributed by atoms with E-state index in [-0.39, 0.29) is 6.04 Å². The summed E-state index contributed by atoms with van der Waals surface area (Å²) in [6, 6.07) is 11.0. The van der Waals surface area contributed by atoms with Crippen molar-refractivity contribution in [1.29, 1.82) is 0 Å². The van der Waals surface area contributed by atoms with Crippen molar-refractivity contribution in [3.8, 4) is 0 Å². The van der Waals surface area contributed by atoms with Crippen LogP contribution in [0.5, 0.6) is 0 Å². The standard InChI is InChI=1S/C17H21NO2/c1-11(16-10-13-4-2-3-5-15(13)20-16)18-14-8-9-19-17(14)12-6-7-12/h2-5,10-12,14,17-18H,6-9H2,1H3. The minimum absolute atomic E-state index is 0.232. The first-order valence-electron chi connectivity index (χ1n) is 7.67. The molecule has 3 heteroatoms. The zero-order valence-corrected chi connectivity index (χ0v) is 11.8. The number of furan rings is 1. The van der Waals surface area contributed by atoms with Crippen LogP contribution in [0, 0.1) is 5.92 Å². The van der Waals surface area contributed by atoms with E-state index in [1.807, 2.05) is 18.2 Å². The van der Waals surface area contributed by atoms with E-state index in [2.05, 4.69) is 24.4 Å². The van der Waals surface area contributed by atoms with Gasteiger partial charge in [0.2, 0.25) is 0 Å². The van der Waals surface area contributed by atoms with Gasteiger partial charge < -0.3 is 14.5 Å². The molecule has 1 saturated heterocycles. The Bertz CT molecular complexity index is 569. The van der Waals surface area contributed by atoms with Gasteiger partial charge >= 0.3 is 0 Å². The van der Waals surface area contributed by atoms with Crippen LogP contribution in [-0.2, 0) is 4.74 Å². The van der Waals surface area contributed by atoms with Crippen molar-refractivity contribution in [2.45, 2.75) is 44.4 Å². The first-order valence-corrected chi connectivity index (χ1v) is 7.67. The lowest BCUT2D eigenvalue weighted by atomic mass is 10.0. The number of rotatable bonds is 4. The Hall–Kier alpha value is -1.32. The molecule has 0 radical (unpaired) electrons. The van der Waals surface area contributed by atoms with Crippen molar-refractivity contribution in [1.82, 2.24) is 5.32 Å². The maximum absolute atomic E-state index is 5.95. The van der Waals surface area contributed by atoms with Crippen LogP contribution in [0.1, 0.15) is 38.0 Å². The van der Waals surface area contributed by atoms with E-state index in [4.69, 9.17) is 9.15 Å². The second kappa shape index (κ2) is 4.90. The number of para-hydroxylation sites is 1. The van der Waals surface area contributed by atoms with Crippen molar-refractivity contribution in [2.24, 2.45) is 5.92 Å². The summed E-state index contributed by atoms with van der Waals surface area (Å²) in [7, 11) is 0. The third kappa shape index (κ3) is 2.25. The highest BCUT2D eigenvalue weighted by atomic mass is 16.5. The first-order chi connectivity index (χ1) is 9.81. The minimum atomic E-state index is 0.232. The topological polar surface area (TPSA) is 34.4 Å². The summed E-state index contributed by atoms with van der Waals surface area (Å²) in [6.45, 7) is 3.08. The zero-order chi connectivity index (χ0) is 13.5. The third-order valence-electron chi connectivity index (χ3n) is 4.56.